The van der Waals surface area contributed by atoms with E-state index in [0.717, 1.165) is 0 Å². The van der Waals surface area contributed by atoms with Crippen molar-refractivity contribution in [2.75, 3.05) is 5.32 Å². The van der Waals surface area contributed by atoms with Crippen molar-refractivity contribution >= 4 is 40.2 Å². The topological polar surface area (TPSA) is 75.6 Å². The molecule has 1 aromatic carbocycles. The molecule has 0 bridgehead atoms. The number of halogens is 1. The number of amides is 1. The molecule has 0 spiro atoms. The lowest BCUT2D eigenvalue weighted by molar-refractivity contribution is -0.129. The van der Waals surface area contributed by atoms with Crippen molar-refractivity contribution < 1.29 is 19.4 Å². The SMILES string of the molecule is CC1(C)Oc2cc(I)c(C(=O)O)cc2NC1=O. The van der Waals surface area contributed by atoms with Crippen LogP contribution in [0.2, 0.25) is 0 Å². The number of nitrogens with one attached hydrogen (secondary N) is 1. The van der Waals surface area contributed by atoms with Crippen LogP contribution in [0.4, 0.5) is 5.69 Å². The number of ether oxygens (including phenoxy) is 1. The van der Waals surface area contributed by atoms with Gasteiger partial charge >= 0.3 is 5.97 Å². The number of carboxylic acid groups (broad SMARTS) is 1. The van der Waals surface area contributed by atoms with Crippen molar-refractivity contribution in [2.24, 2.45) is 0 Å². The molecule has 6 heteroatoms. The Morgan fingerprint density at radius 2 is 2.12 bits per heavy atom. The molecule has 1 amide bonds. The van der Waals surface area contributed by atoms with Crippen molar-refractivity contribution in [1.82, 2.24) is 0 Å². The minimum atomic E-state index is -1.03. The highest BCUT2D eigenvalue weighted by molar-refractivity contribution is 14.1. The van der Waals surface area contributed by atoms with Gasteiger partial charge in [0.2, 0.25) is 0 Å². The maximum atomic E-state index is 11.7. The molecular formula is C11H10INO4. The number of fused-ring (bicyclic) bond motifs is 1. The van der Waals surface area contributed by atoms with Crippen LogP contribution >= 0.6 is 22.6 Å². The van der Waals surface area contributed by atoms with Crippen LogP contribution in [0.5, 0.6) is 5.75 Å². The normalized spacial score (nSPS) is 16.8. The van der Waals surface area contributed by atoms with Gasteiger partial charge in [-0.15, -0.1) is 0 Å². The van der Waals surface area contributed by atoms with Crippen molar-refractivity contribution in [3.8, 4) is 5.75 Å². The lowest BCUT2D eigenvalue weighted by Gasteiger charge is -2.31. The summed E-state index contributed by atoms with van der Waals surface area (Å²) in [6.45, 7) is 3.31. The minimum Gasteiger partial charge on any atom is -0.478 e. The zero-order valence-electron chi connectivity index (χ0n) is 9.20. The quantitative estimate of drug-likeness (QED) is 0.763. The molecule has 0 atom stereocenters. The highest BCUT2D eigenvalue weighted by Crippen LogP contribution is 2.36. The standard InChI is InChI=1S/C11H10INO4/c1-11(2)10(16)13-7-3-5(9(14)15)6(12)4-8(7)17-11/h3-4H,1-2H3,(H,13,16)(H,14,15). The highest BCUT2D eigenvalue weighted by Gasteiger charge is 2.36. The maximum absolute atomic E-state index is 11.7. The average Bonchev–Trinajstić information content (AvgIpc) is 2.19. The molecule has 0 aromatic heterocycles. The van der Waals surface area contributed by atoms with Gasteiger partial charge in [-0.25, -0.2) is 4.79 Å². The summed E-state index contributed by atoms with van der Waals surface area (Å²) in [6, 6.07) is 3.02. The summed E-state index contributed by atoms with van der Waals surface area (Å²) < 4.78 is 6.11. The van der Waals surface area contributed by atoms with Crippen LogP contribution in [0.25, 0.3) is 0 Å². The molecule has 0 unspecified atom stereocenters. The van der Waals surface area contributed by atoms with Gasteiger partial charge in [0.15, 0.2) is 5.60 Å². The highest BCUT2D eigenvalue weighted by atomic mass is 127. The minimum absolute atomic E-state index is 0.146. The Labute approximate surface area is 111 Å². The number of carbonyl (C=O) groups is 2. The van der Waals surface area contributed by atoms with Crippen LogP contribution in [0, 0.1) is 3.57 Å². The summed E-state index contributed by atoms with van der Waals surface area (Å²) in [5, 5.41) is 11.6. The van der Waals surface area contributed by atoms with Crippen molar-refractivity contribution in [2.45, 2.75) is 19.4 Å². The van der Waals surface area contributed by atoms with Gasteiger partial charge in [-0.05, 0) is 48.6 Å². The molecule has 1 aromatic rings. The third-order valence-corrected chi connectivity index (χ3v) is 3.35. The van der Waals surface area contributed by atoms with E-state index in [4.69, 9.17) is 9.84 Å². The molecule has 17 heavy (non-hydrogen) atoms. The smallest absolute Gasteiger partial charge is 0.336 e. The number of rotatable bonds is 1. The Kier molecular flexibility index (Phi) is 2.76. The van der Waals surface area contributed by atoms with Crippen LogP contribution in [0.3, 0.4) is 0 Å². The van der Waals surface area contributed by atoms with E-state index in [1.54, 1.807) is 19.9 Å². The number of carboxylic acids is 1. The fourth-order valence-corrected chi connectivity index (χ4v) is 2.16. The Morgan fingerprint density at radius 1 is 1.47 bits per heavy atom. The first-order valence-corrected chi connectivity index (χ1v) is 5.96. The van der Waals surface area contributed by atoms with Crippen molar-refractivity contribution in [3.05, 3.63) is 21.3 Å². The molecule has 0 saturated carbocycles. The molecule has 0 aliphatic carbocycles. The maximum Gasteiger partial charge on any atom is 0.336 e. The first-order valence-electron chi connectivity index (χ1n) is 4.88. The molecule has 0 fully saturated rings. The van der Waals surface area contributed by atoms with E-state index < -0.39 is 11.6 Å². The van der Waals surface area contributed by atoms with Crippen molar-refractivity contribution in [1.29, 1.82) is 0 Å². The molecule has 1 aliphatic rings. The second kappa shape index (κ2) is 3.86. The van der Waals surface area contributed by atoms with Gasteiger partial charge in [0.1, 0.15) is 5.75 Å². The average molecular weight is 347 g/mol. The van der Waals surface area contributed by atoms with Gasteiger partial charge in [-0.3, -0.25) is 4.79 Å². The van der Waals surface area contributed by atoms with E-state index in [1.165, 1.54) is 6.07 Å². The van der Waals surface area contributed by atoms with Gasteiger partial charge in [-0.1, -0.05) is 0 Å². The van der Waals surface area contributed by atoms with Gasteiger partial charge in [0.25, 0.3) is 5.91 Å². The van der Waals surface area contributed by atoms with Crippen LogP contribution in [-0.2, 0) is 4.79 Å². The Balaban J connectivity index is 2.53. The number of aromatic carboxylic acids is 1. The summed E-state index contributed by atoms with van der Waals surface area (Å²) in [4.78, 5) is 22.6. The van der Waals surface area contributed by atoms with Gasteiger partial charge in [-0.2, -0.15) is 0 Å². The number of anilines is 1. The number of carbonyl (C=O) groups excluding carboxylic acids is 1. The van der Waals surface area contributed by atoms with E-state index in [0.29, 0.717) is 15.0 Å². The monoisotopic (exact) mass is 347 g/mol. The van der Waals surface area contributed by atoms with Crippen LogP contribution in [-0.4, -0.2) is 22.6 Å². The zero-order valence-corrected chi connectivity index (χ0v) is 11.4. The third-order valence-electron chi connectivity index (χ3n) is 2.46. The molecule has 2 N–H and O–H groups in total. The van der Waals surface area contributed by atoms with E-state index in [9.17, 15) is 9.59 Å². The molecule has 0 saturated heterocycles. The predicted molar refractivity (Wildman–Crippen MR) is 69.5 cm³/mol. The molecule has 0 radical (unpaired) electrons. The fourth-order valence-electron chi connectivity index (χ4n) is 1.50. The van der Waals surface area contributed by atoms with Gasteiger partial charge < -0.3 is 15.2 Å². The first kappa shape index (κ1) is 12.2. The first-order chi connectivity index (χ1) is 7.81. The number of hydrogen-bond donors (Lipinski definition) is 2. The molecule has 1 heterocycles. The van der Waals surface area contributed by atoms with E-state index in [1.807, 2.05) is 22.6 Å². The molecule has 90 valence electrons. The van der Waals surface area contributed by atoms with Crippen molar-refractivity contribution in [3.63, 3.8) is 0 Å². The van der Waals surface area contributed by atoms with Gasteiger partial charge in [0.05, 0.1) is 11.3 Å². The lowest BCUT2D eigenvalue weighted by atomic mass is 10.1. The van der Waals surface area contributed by atoms with E-state index in [-0.39, 0.29) is 11.5 Å². The second-order valence-electron chi connectivity index (χ2n) is 4.20. The number of hydrogen-bond acceptors (Lipinski definition) is 3. The van der Waals surface area contributed by atoms with Crippen LogP contribution in [0.15, 0.2) is 12.1 Å². The molecule has 1 aliphatic heterocycles. The number of benzene rings is 1. The summed E-state index contributed by atoms with van der Waals surface area (Å²) in [5.74, 6) is -0.831. The molecule has 2 rings (SSSR count). The predicted octanol–water partition coefficient (Wildman–Crippen LogP) is 2.10. The van der Waals surface area contributed by atoms with Crippen LogP contribution < -0.4 is 10.1 Å². The second-order valence-corrected chi connectivity index (χ2v) is 5.36. The molecular weight excluding hydrogens is 337 g/mol. The van der Waals surface area contributed by atoms with E-state index >= 15 is 0 Å². The summed E-state index contributed by atoms with van der Waals surface area (Å²) >= 11 is 1.93. The largest absolute Gasteiger partial charge is 0.478 e. The summed E-state index contributed by atoms with van der Waals surface area (Å²) in [5.41, 5.74) is -0.402. The Morgan fingerprint density at radius 3 is 2.71 bits per heavy atom. The third kappa shape index (κ3) is 2.08. The fraction of sp³-hybridized carbons (Fsp3) is 0.273. The Bertz CT molecular complexity index is 524. The van der Waals surface area contributed by atoms with Gasteiger partial charge in [0, 0.05) is 3.57 Å². The lowest BCUT2D eigenvalue weighted by Crippen LogP contribution is -2.45. The van der Waals surface area contributed by atoms with E-state index in [2.05, 4.69) is 5.32 Å². The molecule has 5 nitrogen and oxygen atoms in total. The summed E-state index contributed by atoms with van der Waals surface area (Å²) in [7, 11) is 0. The van der Waals surface area contributed by atoms with Crippen LogP contribution in [0.1, 0.15) is 24.2 Å². The summed E-state index contributed by atoms with van der Waals surface area (Å²) in [6.07, 6.45) is 0. The Hall–Kier alpha value is -1.31. The zero-order chi connectivity index (χ0) is 12.8.